The molecule has 1 amide bonds. The van der Waals surface area contributed by atoms with Gasteiger partial charge in [-0.15, -0.1) is 12.4 Å². The fraction of sp³-hybridized carbons (Fsp3) is 0.375. The van der Waals surface area contributed by atoms with Crippen LogP contribution in [0.1, 0.15) is 25.0 Å². The van der Waals surface area contributed by atoms with Gasteiger partial charge in [0.2, 0.25) is 11.7 Å². The first kappa shape index (κ1) is 26.3. The summed E-state index contributed by atoms with van der Waals surface area (Å²) in [5.41, 5.74) is 2.50. The van der Waals surface area contributed by atoms with Crippen LogP contribution in [0, 0.1) is 0 Å². The van der Waals surface area contributed by atoms with Crippen LogP contribution in [0.5, 0.6) is 17.2 Å². The molecule has 31 heavy (non-hydrogen) atoms. The number of carbonyl (C=O) groups excluding carboxylic acids is 1. The molecular formula is C24H33ClN2O4. The van der Waals surface area contributed by atoms with Crippen molar-refractivity contribution in [1.29, 1.82) is 0 Å². The van der Waals surface area contributed by atoms with Crippen LogP contribution in [0.25, 0.3) is 5.57 Å². The van der Waals surface area contributed by atoms with Gasteiger partial charge in [0.1, 0.15) is 0 Å². The third-order valence-electron chi connectivity index (χ3n) is 4.96. The van der Waals surface area contributed by atoms with Crippen molar-refractivity contribution < 1.29 is 19.0 Å². The number of hydrogen-bond acceptors (Lipinski definition) is 5. The second-order valence-corrected chi connectivity index (χ2v) is 6.66. The Bertz CT molecular complexity index is 827. The standard InChI is InChI=1S/C24H32N2O4.ClH/c1-6-26(7-2)14-13-25-23(27)17-20(18-11-9-8-10-12-18)19-15-21(28-3)24(30-5)22(16-19)29-4;/h8-12,15-17H,6-7,13-14H2,1-5H3,(H,25,27);1H/b20-17-;. The average molecular weight is 449 g/mol. The van der Waals surface area contributed by atoms with Crippen molar-refractivity contribution >= 4 is 23.9 Å². The number of methoxy groups -OCH3 is 3. The maximum Gasteiger partial charge on any atom is 0.244 e. The summed E-state index contributed by atoms with van der Waals surface area (Å²) >= 11 is 0. The Morgan fingerprint density at radius 1 is 0.935 bits per heavy atom. The fourth-order valence-corrected chi connectivity index (χ4v) is 3.25. The molecule has 0 aliphatic rings. The van der Waals surface area contributed by atoms with E-state index in [1.807, 2.05) is 42.5 Å². The number of ether oxygens (including phenoxy) is 3. The smallest absolute Gasteiger partial charge is 0.244 e. The molecule has 7 heteroatoms. The van der Waals surface area contributed by atoms with Gasteiger partial charge in [0.15, 0.2) is 11.5 Å². The zero-order valence-corrected chi connectivity index (χ0v) is 19.8. The van der Waals surface area contributed by atoms with Crippen molar-refractivity contribution in [3.63, 3.8) is 0 Å². The first-order valence-electron chi connectivity index (χ1n) is 10.2. The van der Waals surface area contributed by atoms with Gasteiger partial charge in [0.25, 0.3) is 0 Å². The molecule has 0 heterocycles. The first-order chi connectivity index (χ1) is 14.6. The van der Waals surface area contributed by atoms with Crippen LogP contribution in [0.2, 0.25) is 0 Å². The molecule has 6 nitrogen and oxygen atoms in total. The molecule has 0 aliphatic carbocycles. The van der Waals surface area contributed by atoms with Crippen LogP contribution in [-0.2, 0) is 4.79 Å². The summed E-state index contributed by atoms with van der Waals surface area (Å²) in [5, 5.41) is 2.99. The Labute approximate surface area is 191 Å². The second kappa shape index (κ2) is 13.6. The number of nitrogens with zero attached hydrogens (tertiary/aromatic N) is 1. The number of halogens is 1. The van der Waals surface area contributed by atoms with E-state index in [0.29, 0.717) is 23.8 Å². The van der Waals surface area contributed by atoms with Crippen molar-refractivity contribution in [1.82, 2.24) is 10.2 Å². The van der Waals surface area contributed by atoms with Gasteiger partial charge >= 0.3 is 0 Å². The molecule has 0 bridgehead atoms. The maximum absolute atomic E-state index is 12.7. The molecule has 0 radical (unpaired) electrons. The van der Waals surface area contributed by atoms with E-state index in [9.17, 15) is 4.79 Å². The Morgan fingerprint density at radius 2 is 1.52 bits per heavy atom. The molecule has 0 aliphatic heterocycles. The highest BCUT2D eigenvalue weighted by molar-refractivity contribution is 5.99. The summed E-state index contributed by atoms with van der Waals surface area (Å²) in [5.74, 6) is 1.45. The van der Waals surface area contributed by atoms with Crippen molar-refractivity contribution in [3.05, 3.63) is 59.7 Å². The highest BCUT2D eigenvalue weighted by Gasteiger charge is 2.17. The summed E-state index contributed by atoms with van der Waals surface area (Å²) < 4.78 is 16.4. The lowest BCUT2D eigenvalue weighted by atomic mass is 9.96. The lowest BCUT2D eigenvalue weighted by Crippen LogP contribution is -2.34. The van der Waals surface area contributed by atoms with Crippen molar-refractivity contribution in [2.75, 3.05) is 47.5 Å². The summed E-state index contributed by atoms with van der Waals surface area (Å²) in [6.07, 6.45) is 1.62. The number of rotatable bonds is 11. The zero-order chi connectivity index (χ0) is 21.9. The van der Waals surface area contributed by atoms with E-state index in [1.54, 1.807) is 27.4 Å². The number of carbonyl (C=O) groups is 1. The monoisotopic (exact) mass is 448 g/mol. The van der Waals surface area contributed by atoms with Gasteiger partial charge in [-0.1, -0.05) is 44.2 Å². The lowest BCUT2D eigenvalue weighted by Gasteiger charge is -2.18. The number of amides is 1. The van der Waals surface area contributed by atoms with E-state index in [1.165, 1.54) is 0 Å². The minimum atomic E-state index is -0.144. The molecule has 0 unspecified atom stereocenters. The Hall–Kier alpha value is -2.70. The minimum Gasteiger partial charge on any atom is -0.493 e. The Balaban J connectivity index is 0.00000480. The van der Waals surface area contributed by atoms with Gasteiger partial charge in [-0.05, 0) is 41.9 Å². The van der Waals surface area contributed by atoms with E-state index in [2.05, 4.69) is 24.1 Å². The van der Waals surface area contributed by atoms with Crippen molar-refractivity contribution in [2.45, 2.75) is 13.8 Å². The topological polar surface area (TPSA) is 60.0 Å². The van der Waals surface area contributed by atoms with Gasteiger partial charge in [-0.25, -0.2) is 0 Å². The van der Waals surface area contributed by atoms with Gasteiger partial charge < -0.3 is 24.4 Å². The quantitative estimate of drug-likeness (QED) is 0.526. The summed E-state index contributed by atoms with van der Waals surface area (Å²) in [6.45, 7) is 7.56. The van der Waals surface area contributed by atoms with Gasteiger partial charge in [-0.2, -0.15) is 0 Å². The molecule has 2 rings (SSSR count). The van der Waals surface area contributed by atoms with Crippen LogP contribution in [-0.4, -0.2) is 58.3 Å². The Kier molecular flexibility index (Phi) is 11.5. The molecule has 0 aromatic heterocycles. The van der Waals surface area contributed by atoms with Crippen LogP contribution in [0.4, 0.5) is 0 Å². The normalized spacial score (nSPS) is 11.0. The van der Waals surface area contributed by atoms with E-state index >= 15 is 0 Å². The van der Waals surface area contributed by atoms with Crippen LogP contribution >= 0.6 is 12.4 Å². The first-order valence-corrected chi connectivity index (χ1v) is 10.2. The molecule has 0 saturated carbocycles. The summed E-state index contributed by atoms with van der Waals surface area (Å²) in [6, 6.07) is 13.5. The molecule has 0 saturated heterocycles. The van der Waals surface area contributed by atoms with Crippen LogP contribution < -0.4 is 19.5 Å². The van der Waals surface area contributed by atoms with Crippen LogP contribution in [0.3, 0.4) is 0 Å². The third-order valence-corrected chi connectivity index (χ3v) is 4.96. The van der Waals surface area contributed by atoms with Gasteiger partial charge in [-0.3, -0.25) is 4.79 Å². The maximum atomic E-state index is 12.7. The molecule has 170 valence electrons. The summed E-state index contributed by atoms with van der Waals surface area (Å²) in [4.78, 5) is 15.0. The SMILES string of the molecule is CCN(CC)CCNC(=O)/C=C(/c1ccccc1)c1cc(OC)c(OC)c(OC)c1.Cl. The minimum absolute atomic E-state index is 0. The average Bonchev–Trinajstić information content (AvgIpc) is 2.79. The number of likely N-dealkylation sites (N-methyl/N-ethyl adjacent to an activating group) is 1. The predicted molar refractivity (Wildman–Crippen MR) is 128 cm³/mol. The van der Waals surface area contributed by atoms with Crippen molar-refractivity contribution in [2.24, 2.45) is 0 Å². The summed E-state index contributed by atoms with van der Waals surface area (Å²) in [7, 11) is 4.72. The van der Waals surface area contributed by atoms with E-state index in [0.717, 1.165) is 36.3 Å². The molecule has 0 spiro atoms. The largest absolute Gasteiger partial charge is 0.493 e. The highest BCUT2D eigenvalue weighted by Crippen LogP contribution is 2.41. The third kappa shape index (κ3) is 7.19. The number of hydrogen-bond donors (Lipinski definition) is 1. The molecule has 2 aromatic rings. The van der Waals surface area contributed by atoms with E-state index in [4.69, 9.17) is 14.2 Å². The number of benzene rings is 2. The lowest BCUT2D eigenvalue weighted by molar-refractivity contribution is -0.116. The predicted octanol–water partition coefficient (Wildman–Crippen LogP) is 4.02. The molecule has 0 atom stereocenters. The fourth-order valence-electron chi connectivity index (χ4n) is 3.25. The Morgan fingerprint density at radius 3 is 2.00 bits per heavy atom. The molecule has 0 fully saturated rings. The van der Waals surface area contributed by atoms with Crippen molar-refractivity contribution in [3.8, 4) is 17.2 Å². The van der Waals surface area contributed by atoms with Crippen LogP contribution in [0.15, 0.2) is 48.5 Å². The second-order valence-electron chi connectivity index (χ2n) is 6.66. The van der Waals surface area contributed by atoms with Gasteiger partial charge in [0, 0.05) is 19.2 Å². The zero-order valence-electron chi connectivity index (χ0n) is 18.9. The molecular weight excluding hydrogens is 416 g/mol. The molecule has 1 N–H and O–H groups in total. The van der Waals surface area contributed by atoms with E-state index in [-0.39, 0.29) is 18.3 Å². The van der Waals surface area contributed by atoms with Gasteiger partial charge in [0.05, 0.1) is 21.3 Å². The molecule has 2 aromatic carbocycles. The number of nitrogens with one attached hydrogen (secondary N) is 1. The van der Waals surface area contributed by atoms with E-state index < -0.39 is 0 Å². The highest BCUT2D eigenvalue weighted by atomic mass is 35.5.